The molecule has 2 N–H and O–H groups in total. The summed E-state index contributed by atoms with van der Waals surface area (Å²) in [6.07, 6.45) is 1.66. The third-order valence-electron chi connectivity index (χ3n) is 4.21. The van der Waals surface area contributed by atoms with Crippen molar-refractivity contribution in [3.05, 3.63) is 72.1 Å². The Bertz CT molecular complexity index is 951. The van der Waals surface area contributed by atoms with Crippen LogP contribution in [-0.2, 0) is 0 Å². The van der Waals surface area contributed by atoms with Crippen molar-refractivity contribution >= 4 is 23.2 Å². The summed E-state index contributed by atoms with van der Waals surface area (Å²) in [5.41, 5.74) is 3.08. The number of carbonyl (C=O) groups excluding carboxylic acids is 1. The maximum Gasteiger partial charge on any atom is 0.274 e. The van der Waals surface area contributed by atoms with Gasteiger partial charge in [0.2, 0.25) is 5.95 Å². The first-order valence-corrected chi connectivity index (χ1v) is 9.69. The third-order valence-corrected chi connectivity index (χ3v) is 4.21. The molecule has 0 saturated carbocycles. The number of nitrogens with one attached hydrogen (secondary N) is 2. The van der Waals surface area contributed by atoms with Crippen LogP contribution in [0.1, 0.15) is 49.7 Å². The van der Waals surface area contributed by atoms with Gasteiger partial charge in [0.1, 0.15) is 11.4 Å². The lowest BCUT2D eigenvalue weighted by atomic mass is 10.0. The summed E-state index contributed by atoms with van der Waals surface area (Å²) in [5, 5.41) is 5.97. The van der Waals surface area contributed by atoms with Gasteiger partial charge < -0.3 is 15.4 Å². The molecule has 0 aliphatic carbocycles. The number of aromatic nitrogens is 2. The van der Waals surface area contributed by atoms with Crippen LogP contribution in [0.15, 0.2) is 60.8 Å². The monoisotopic (exact) mass is 390 g/mol. The first-order chi connectivity index (χ1) is 13.9. The predicted octanol–water partition coefficient (Wildman–Crippen LogP) is 5.38. The molecule has 0 atom stereocenters. The molecule has 0 spiro atoms. The van der Waals surface area contributed by atoms with Gasteiger partial charge in [0.25, 0.3) is 5.91 Å². The molecule has 2 aromatic carbocycles. The summed E-state index contributed by atoms with van der Waals surface area (Å²) in [6, 6.07) is 16.9. The van der Waals surface area contributed by atoms with E-state index in [0.29, 0.717) is 17.6 Å². The zero-order chi connectivity index (χ0) is 20.8. The Morgan fingerprint density at radius 1 is 0.897 bits per heavy atom. The van der Waals surface area contributed by atoms with E-state index in [1.807, 2.05) is 38.1 Å². The van der Waals surface area contributed by atoms with Gasteiger partial charge in [-0.2, -0.15) is 0 Å². The molecule has 1 aromatic heterocycles. The second-order valence-corrected chi connectivity index (χ2v) is 7.31. The Morgan fingerprint density at radius 3 is 2.17 bits per heavy atom. The zero-order valence-electron chi connectivity index (χ0n) is 17.1. The quantitative estimate of drug-likeness (QED) is 0.566. The highest BCUT2D eigenvalue weighted by Gasteiger charge is 2.10. The fourth-order valence-electron chi connectivity index (χ4n) is 2.71. The van der Waals surface area contributed by atoms with E-state index in [9.17, 15) is 4.79 Å². The van der Waals surface area contributed by atoms with Crippen molar-refractivity contribution in [3.8, 4) is 5.75 Å². The highest BCUT2D eigenvalue weighted by molar-refractivity contribution is 6.03. The molecule has 3 rings (SSSR count). The average molecular weight is 390 g/mol. The SMILES string of the molecule is CC(C)Oc1ccc(NC(=O)c2ccnc(Nc3ccc(C(C)C)cc3)n2)cc1. The summed E-state index contributed by atoms with van der Waals surface area (Å²) in [6.45, 7) is 8.24. The molecular formula is C23H26N4O2. The maximum absolute atomic E-state index is 12.5. The number of amides is 1. The Morgan fingerprint density at radius 2 is 1.55 bits per heavy atom. The number of ether oxygens (including phenoxy) is 1. The lowest BCUT2D eigenvalue weighted by Crippen LogP contribution is -2.14. The van der Waals surface area contributed by atoms with Crippen LogP contribution in [0.3, 0.4) is 0 Å². The Kier molecular flexibility index (Phi) is 6.44. The van der Waals surface area contributed by atoms with Crippen molar-refractivity contribution in [1.82, 2.24) is 9.97 Å². The average Bonchev–Trinajstić information content (AvgIpc) is 2.70. The number of benzene rings is 2. The van der Waals surface area contributed by atoms with Gasteiger partial charge in [0.05, 0.1) is 6.10 Å². The largest absolute Gasteiger partial charge is 0.491 e. The Labute approximate surface area is 171 Å². The van der Waals surface area contributed by atoms with E-state index in [-0.39, 0.29) is 17.7 Å². The molecule has 0 saturated heterocycles. The van der Waals surface area contributed by atoms with E-state index in [1.165, 1.54) is 5.56 Å². The number of rotatable bonds is 7. The van der Waals surface area contributed by atoms with Crippen molar-refractivity contribution in [2.24, 2.45) is 0 Å². The van der Waals surface area contributed by atoms with E-state index in [0.717, 1.165) is 11.4 Å². The fourth-order valence-corrected chi connectivity index (χ4v) is 2.71. The number of carbonyl (C=O) groups is 1. The second-order valence-electron chi connectivity index (χ2n) is 7.31. The van der Waals surface area contributed by atoms with Crippen LogP contribution in [0.4, 0.5) is 17.3 Å². The summed E-state index contributed by atoms with van der Waals surface area (Å²) in [4.78, 5) is 21.1. The van der Waals surface area contributed by atoms with Crippen LogP contribution < -0.4 is 15.4 Å². The summed E-state index contributed by atoms with van der Waals surface area (Å²) >= 11 is 0. The topological polar surface area (TPSA) is 76.1 Å². The van der Waals surface area contributed by atoms with Crippen LogP contribution in [-0.4, -0.2) is 22.0 Å². The van der Waals surface area contributed by atoms with E-state index in [1.54, 1.807) is 24.4 Å². The van der Waals surface area contributed by atoms with Gasteiger partial charge in [-0.05, 0) is 67.8 Å². The van der Waals surface area contributed by atoms with Gasteiger partial charge >= 0.3 is 0 Å². The number of hydrogen-bond acceptors (Lipinski definition) is 5. The molecule has 0 fully saturated rings. The van der Waals surface area contributed by atoms with E-state index >= 15 is 0 Å². The minimum atomic E-state index is -0.303. The second kappa shape index (κ2) is 9.19. The van der Waals surface area contributed by atoms with Crippen molar-refractivity contribution in [3.63, 3.8) is 0 Å². The Hall–Kier alpha value is -3.41. The molecule has 0 aliphatic rings. The van der Waals surface area contributed by atoms with Crippen LogP contribution in [0.2, 0.25) is 0 Å². The minimum absolute atomic E-state index is 0.101. The van der Waals surface area contributed by atoms with Crippen molar-refractivity contribution < 1.29 is 9.53 Å². The number of anilines is 3. The van der Waals surface area contributed by atoms with Gasteiger partial charge in [0.15, 0.2) is 0 Å². The molecule has 1 heterocycles. The highest BCUT2D eigenvalue weighted by atomic mass is 16.5. The molecule has 150 valence electrons. The van der Waals surface area contributed by atoms with E-state index < -0.39 is 0 Å². The standard InChI is InChI=1S/C23H26N4O2/c1-15(2)17-5-7-19(8-6-17)26-23-24-14-13-21(27-23)22(28)25-18-9-11-20(12-10-18)29-16(3)4/h5-16H,1-4H3,(H,25,28)(H,24,26,27). The van der Waals surface area contributed by atoms with Crippen LogP contribution in [0, 0.1) is 0 Å². The first kappa shape index (κ1) is 20.3. The third kappa shape index (κ3) is 5.78. The summed E-state index contributed by atoms with van der Waals surface area (Å²) in [7, 11) is 0. The van der Waals surface area contributed by atoms with Gasteiger partial charge in [-0.25, -0.2) is 9.97 Å². The molecule has 0 bridgehead atoms. The minimum Gasteiger partial charge on any atom is -0.491 e. The molecule has 6 nitrogen and oxygen atoms in total. The van der Waals surface area contributed by atoms with Crippen molar-refractivity contribution in [1.29, 1.82) is 0 Å². The highest BCUT2D eigenvalue weighted by Crippen LogP contribution is 2.20. The predicted molar refractivity (Wildman–Crippen MR) is 116 cm³/mol. The normalized spacial score (nSPS) is 10.8. The summed E-state index contributed by atoms with van der Waals surface area (Å²) in [5.74, 6) is 1.30. The lowest BCUT2D eigenvalue weighted by molar-refractivity contribution is 0.102. The Balaban J connectivity index is 1.66. The molecule has 29 heavy (non-hydrogen) atoms. The van der Waals surface area contributed by atoms with Gasteiger partial charge in [0, 0.05) is 17.6 Å². The maximum atomic E-state index is 12.5. The smallest absolute Gasteiger partial charge is 0.274 e. The van der Waals surface area contributed by atoms with Crippen LogP contribution in [0.5, 0.6) is 5.75 Å². The lowest BCUT2D eigenvalue weighted by Gasteiger charge is -2.11. The fraction of sp³-hybridized carbons (Fsp3) is 0.261. The van der Waals surface area contributed by atoms with Gasteiger partial charge in [-0.3, -0.25) is 4.79 Å². The number of nitrogens with zero attached hydrogens (tertiary/aromatic N) is 2. The number of hydrogen-bond donors (Lipinski definition) is 2. The van der Waals surface area contributed by atoms with E-state index in [2.05, 4.69) is 46.6 Å². The first-order valence-electron chi connectivity index (χ1n) is 9.69. The molecule has 3 aromatic rings. The van der Waals surface area contributed by atoms with Gasteiger partial charge in [-0.15, -0.1) is 0 Å². The van der Waals surface area contributed by atoms with Crippen LogP contribution in [0.25, 0.3) is 0 Å². The molecule has 0 aliphatic heterocycles. The van der Waals surface area contributed by atoms with Crippen molar-refractivity contribution in [2.45, 2.75) is 39.7 Å². The molecule has 0 unspecified atom stereocenters. The van der Waals surface area contributed by atoms with Crippen LogP contribution >= 0.6 is 0 Å². The zero-order valence-corrected chi connectivity index (χ0v) is 17.1. The van der Waals surface area contributed by atoms with Gasteiger partial charge in [-0.1, -0.05) is 26.0 Å². The van der Waals surface area contributed by atoms with Crippen molar-refractivity contribution in [2.75, 3.05) is 10.6 Å². The summed E-state index contributed by atoms with van der Waals surface area (Å²) < 4.78 is 5.61. The molecule has 1 amide bonds. The van der Waals surface area contributed by atoms with E-state index in [4.69, 9.17) is 4.74 Å². The molecular weight excluding hydrogens is 364 g/mol. The molecule has 0 radical (unpaired) electrons. The molecule has 6 heteroatoms.